The highest BCUT2D eigenvalue weighted by atomic mass is 32.2. The second-order valence-corrected chi connectivity index (χ2v) is 9.39. The van der Waals surface area contributed by atoms with E-state index in [2.05, 4.69) is 25.5 Å². The normalized spacial score (nSPS) is 11.5. The summed E-state index contributed by atoms with van der Waals surface area (Å²) in [4.78, 5) is 9.95. The van der Waals surface area contributed by atoms with Crippen molar-refractivity contribution in [3.05, 3.63) is 60.2 Å². The Bertz CT molecular complexity index is 1390. The van der Waals surface area contributed by atoms with Gasteiger partial charge in [-0.3, -0.25) is 9.40 Å². The summed E-state index contributed by atoms with van der Waals surface area (Å²) in [6.07, 6.45) is 2.23. The van der Waals surface area contributed by atoms with Gasteiger partial charge in [-0.1, -0.05) is 0 Å². The summed E-state index contributed by atoms with van der Waals surface area (Å²) in [5.41, 5.74) is 3.61. The molecule has 11 heteroatoms. The van der Waals surface area contributed by atoms with Gasteiger partial charge >= 0.3 is 0 Å². The Morgan fingerprint density at radius 1 is 1.06 bits per heavy atom. The van der Waals surface area contributed by atoms with Gasteiger partial charge in [0.1, 0.15) is 0 Å². The molecule has 0 unspecified atom stereocenters. The van der Waals surface area contributed by atoms with Crippen LogP contribution < -0.4 is 14.5 Å². The highest BCUT2D eigenvalue weighted by molar-refractivity contribution is 7.92. The molecule has 0 aliphatic carbocycles. The minimum atomic E-state index is -3.35. The zero-order chi connectivity index (χ0) is 23.0. The van der Waals surface area contributed by atoms with Gasteiger partial charge in [0.15, 0.2) is 11.6 Å². The Labute approximate surface area is 185 Å². The number of aromatic nitrogens is 4. The van der Waals surface area contributed by atoms with Crippen molar-refractivity contribution in [2.24, 2.45) is 0 Å². The molecule has 0 atom stereocenters. The third-order valence-electron chi connectivity index (χ3n) is 5.14. The lowest BCUT2D eigenvalue weighted by Crippen LogP contribution is -2.24. The number of aromatic amines is 1. The zero-order valence-corrected chi connectivity index (χ0v) is 18.8. The molecule has 0 saturated heterocycles. The van der Waals surface area contributed by atoms with Gasteiger partial charge in [-0.15, -0.1) is 0 Å². The molecular formula is C21H22FN7O2S. The molecule has 0 aliphatic rings. The molecule has 0 bridgehead atoms. The average Bonchev–Trinajstić information content (AvgIpc) is 3.14. The molecule has 0 saturated carbocycles. The van der Waals surface area contributed by atoms with Crippen LogP contribution in [0.15, 0.2) is 48.7 Å². The third kappa shape index (κ3) is 4.19. The Balaban J connectivity index is 1.58. The van der Waals surface area contributed by atoms with Gasteiger partial charge in [-0.05, 0) is 49.4 Å². The van der Waals surface area contributed by atoms with Crippen LogP contribution in [0, 0.1) is 12.7 Å². The van der Waals surface area contributed by atoms with Gasteiger partial charge in [-0.25, -0.2) is 17.8 Å². The molecule has 2 heterocycles. The Morgan fingerprint density at radius 2 is 1.75 bits per heavy atom. The first-order valence-corrected chi connectivity index (χ1v) is 11.5. The first-order chi connectivity index (χ1) is 15.1. The van der Waals surface area contributed by atoms with Crippen LogP contribution >= 0.6 is 0 Å². The summed E-state index contributed by atoms with van der Waals surface area (Å²) in [5.74, 6) is -0.266. The number of nitrogens with one attached hydrogen (secondary N) is 2. The van der Waals surface area contributed by atoms with Gasteiger partial charge in [0.25, 0.3) is 0 Å². The largest absolute Gasteiger partial charge is 0.327 e. The number of anilines is 5. The van der Waals surface area contributed by atoms with Crippen molar-refractivity contribution in [1.82, 2.24) is 20.2 Å². The van der Waals surface area contributed by atoms with Crippen molar-refractivity contribution in [2.45, 2.75) is 6.92 Å². The van der Waals surface area contributed by atoms with Crippen molar-refractivity contribution >= 4 is 49.8 Å². The number of fused-ring (bicyclic) bond motifs is 1. The number of hydrogen-bond acceptors (Lipinski definition) is 7. The fraction of sp³-hybridized carbons (Fsp3) is 0.190. The predicted molar refractivity (Wildman–Crippen MR) is 124 cm³/mol. The minimum absolute atomic E-state index is 0.0996. The van der Waals surface area contributed by atoms with Crippen LogP contribution in [0.25, 0.3) is 10.9 Å². The fourth-order valence-electron chi connectivity index (χ4n) is 3.19. The van der Waals surface area contributed by atoms with Crippen LogP contribution in [0.3, 0.4) is 0 Å². The number of H-pyrrole nitrogens is 1. The van der Waals surface area contributed by atoms with Crippen molar-refractivity contribution in [1.29, 1.82) is 0 Å². The van der Waals surface area contributed by atoms with E-state index in [4.69, 9.17) is 0 Å². The van der Waals surface area contributed by atoms with Crippen molar-refractivity contribution < 1.29 is 12.8 Å². The Morgan fingerprint density at radius 3 is 2.44 bits per heavy atom. The first kappa shape index (κ1) is 21.5. The zero-order valence-electron chi connectivity index (χ0n) is 18.0. The lowest BCUT2D eigenvalue weighted by molar-refractivity contribution is 0.600. The summed E-state index contributed by atoms with van der Waals surface area (Å²) in [7, 11) is -0.161. The van der Waals surface area contributed by atoms with Gasteiger partial charge < -0.3 is 10.2 Å². The smallest absolute Gasteiger partial charge is 0.231 e. The van der Waals surface area contributed by atoms with E-state index in [0.717, 1.165) is 34.7 Å². The van der Waals surface area contributed by atoms with Gasteiger partial charge in [-0.2, -0.15) is 10.1 Å². The molecule has 0 spiro atoms. The standard InChI is InChI=1S/C21H22FN7O2S/c1-13-17-10-9-16(11-19(17)27-26-13)28(2)20-18(22)12-23-21(25-20)24-14-5-7-15(8-6-14)29(3)32(4,30)31/h5-12H,1-4H3,(H,26,27)(H,23,24,25). The molecular weight excluding hydrogens is 433 g/mol. The lowest BCUT2D eigenvalue weighted by Gasteiger charge is -2.20. The van der Waals surface area contributed by atoms with E-state index in [0.29, 0.717) is 11.4 Å². The van der Waals surface area contributed by atoms with E-state index < -0.39 is 15.8 Å². The van der Waals surface area contributed by atoms with E-state index in [-0.39, 0.29) is 11.8 Å². The molecule has 4 rings (SSSR count). The Hall–Kier alpha value is -3.73. The molecule has 0 aliphatic heterocycles. The topological polar surface area (TPSA) is 107 Å². The van der Waals surface area contributed by atoms with Crippen molar-refractivity contribution in [3.63, 3.8) is 0 Å². The summed E-state index contributed by atoms with van der Waals surface area (Å²) in [6.45, 7) is 1.94. The molecule has 0 radical (unpaired) electrons. The van der Waals surface area contributed by atoms with Gasteiger partial charge in [0.2, 0.25) is 16.0 Å². The lowest BCUT2D eigenvalue weighted by atomic mass is 10.2. The van der Waals surface area contributed by atoms with Crippen molar-refractivity contribution in [3.8, 4) is 0 Å². The summed E-state index contributed by atoms with van der Waals surface area (Å²) in [6, 6.07) is 12.3. The van der Waals surface area contributed by atoms with Crippen LogP contribution in [0.5, 0.6) is 0 Å². The predicted octanol–water partition coefficient (Wildman–Crippen LogP) is 3.71. The van der Waals surface area contributed by atoms with Crippen LogP contribution in [0.1, 0.15) is 5.69 Å². The Kier molecular flexibility index (Phi) is 5.43. The van der Waals surface area contributed by atoms with Gasteiger partial charge in [0, 0.05) is 36.6 Å². The van der Waals surface area contributed by atoms with Crippen LogP contribution in [-0.2, 0) is 10.0 Å². The number of sulfonamides is 1. The highest BCUT2D eigenvalue weighted by Gasteiger charge is 2.16. The third-order valence-corrected chi connectivity index (χ3v) is 6.35. The second-order valence-electron chi connectivity index (χ2n) is 7.38. The number of rotatable bonds is 6. The summed E-state index contributed by atoms with van der Waals surface area (Å²) in [5, 5.41) is 11.2. The van der Waals surface area contributed by atoms with E-state index in [1.807, 2.05) is 25.1 Å². The van der Waals surface area contributed by atoms with E-state index >= 15 is 0 Å². The average molecular weight is 456 g/mol. The number of nitrogens with zero attached hydrogens (tertiary/aromatic N) is 5. The van der Waals surface area contributed by atoms with Gasteiger partial charge in [0.05, 0.1) is 23.7 Å². The molecule has 2 N–H and O–H groups in total. The van der Waals surface area contributed by atoms with Crippen LogP contribution in [0.4, 0.5) is 33.2 Å². The molecule has 0 amide bonds. The maximum atomic E-state index is 14.5. The van der Waals surface area contributed by atoms with E-state index in [9.17, 15) is 12.8 Å². The molecule has 166 valence electrons. The number of halogens is 1. The van der Waals surface area contributed by atoms with E-state index in [1.165, 1.54) is 11.4 Å². The van der Waals surface area contributed by atoms with E-state index in [1.54, 1.807) is 36.2 Å². The summed E-state index contributed by atoms with van der Waals surface area (Å²) < 4.78 is 39.1. The summed E-state index contributed by atoms with van der Waals surface area (Å²) >= 11 is 0. The monoisotopic (exact) mass is 455 g/mol. The van der Waals surface area contributed by atoms with Crippen LogP contribution in [-0.4, -0.2) is 48.9 Å². The quantitative estimate of drug-likeness (QED) is 0.456. The first-order valence-electron chi connectivity index (χ1n) is 9.65. The highest BCUT2D eigenvalue weighted by Crippen LogP contribution is 2.29. The number of benzene rings is 2. The second kappa shape index (κ2) is 8.08. The maximum absolute atomic E-state index is 14.5. The van der Waals surface area contributed by atoms with Crippen molar-refractivity contribution in [2.75, 3.05) is 34.9 Å². The molecule has 4 aromatic rings. The number of aryl methyl sites for hydroxylation is 1. The van der Waals surface area contributed by atoms with Crippen LogP contribution in [0.2, 0.25) is 0 Å². The molecule has 2 aromatic carbocycles. The maximum Gasteiger partial charge on any atom is 0.231 e. The molecule has 0 fully saturated rings. The molecule has 9 nitrogen and oxygen atoms in total. The molecule has 2 aromatic heterocycles. The minimum Gasteiger partial charge on any atom is -0.327 e. The molecule has 32 heavy (non-hydrogen) atoms. The SMILES string of the molecule is Cc1[nH]nc2cc(N(C)c3nc(Nc4ccc(N(C)S(C)(=O)=O)cc4)ncc3F)ccc12. The fourth-order valence-corrected chi connectivity index (χ4v) is 3.70. The number of hydrogen-bond donors (Lipinski definition) is 2.